The Hall–Kier alpha value is -0.930. The highest BCUT2D eigenvalue weighted by molar-refractivity contribution is 5.08. The number of nitrogens with zero attached hydrogens (tertiary/aromatic N) is 1. The van der Waals surface area contributed by atoms with Gasteiger partial charge in [-0.1, -0.05) is 26.8 Å². The van der Waals surface area contributed by atoms with E-state index in [4.69, 9.17) is 0 Å². The van der Waals surface area contributed by atoms with Crippen molar-refractivity contribution < 1.29 is 5.11 Å². The number of nitrogens with one attached hydrogen (secondary N) is 1. The number of hydrogen-bond donors (Lipinski definition) is 2. The summed E-state index contributed by atoms with van der Waals surface area (Å²) in [5.74, 6) is 0.737. The third kappa shape index (κ3) is 4.29. The molecule has 1 heterocycles. The third-order valence-corrected chi connectivity index (χ3v) is 4.65. The van der Waals surface area contributed by atoms with Crippen molar-refractivity contribution >= 4 is 0 Å². The molecule has 2 N–H and O–H groups in total. The lowest BCUT2D eigenvalue weighted by Crippen LogP contribution is -2.44. The molecule has 112 valence electrons. The maximum absolute atomic E-state index is 10.7. The minimum Gasteiger partial charge on any atom is -0.389 e. The van der Waals surface area contributed by atoms with Crippen molar-refractivity contribution in [2.75, 3.05) is 6.54 Å². The van der Waals surface area contributed by atoms with E-state index >= 15 is 0 Å². The quantitative estimate of drug-likeness (QED) is 0.888. The van der Waals surface area contributed by atoms with Gasteiger partial charge in [0, 0.05) is 25.5 Å². The Labute approximate surface area is 122 Å². The zero-order valence-electron chi connectivity index (χ0n) is 13.0. The van der Waals surface area contributed by atoms with Gasteiger partial charge in [0.15, 0.2) is 0 Å². The summed E-state index contributed by atoms with van der Waals surface area (Å²) in [5.41, 5.74) is 1.01. The van der Waals surface area contributed by atoms with E-state index in [-0.39, 0.29) is 0 Å². The van der Waals surface area contributed by atoms with Gasteiger partial charge in [0.25, 0.3) is 0 Å². The number of hydrogen-bond acceptors (Lipinski definition) is 3. The van der Waals surface area contributed by atoms with Crippen LogP contribution in [0.4, 0.5) is 0 Å². The van der Waals surface area contributed by atoms with E-state index < -0.39 is 5.60 Å². The molecule has 20 heavy (non-hydrogen) atoms. The lowest BCUT2D eigenvalue weighted by atomic mass is 9.68. The van der Waals surface area contributed by atoms with Crippen molar-refractivity contribution in [3.63, 3.8) is 0 Å². The molecule has 0 spiro atoms. The molecule has 2 rings (SSSR count). The minimum absolute atomic E-state index is 0.366. The summed E-state index contributed by atoms with van der Waals surface area (Å²) >= 11 is 0. The molecule has 3 heteroatoms. The minimum atomic E-state index is -0.524. The SMILES string of the molecule is CC(C)(C)C1CCC(O)(CNCc2cccnc2)CC1. The van der Waals surface area contributed by atoms with Crippen LogP contribution in [-0.2, 0) is 6.54 Å². The fourth-order valence-electron chi connectivity index (χ4n) is 3.14. The number of aromatic nitrogens is 1. The highest BCUT2D eigenvalue weighted by Crippen LogP contribution is 2.41. The summed E-state index contributed by atoms with van der Waals surface area (Å²) in [6.45, 7) is 8.38. The molecule has 1 aromatic rings. The van der Waals surface area contributed by atoms with Crippen LogP contribution in [0.5, 0.6) is 0 Å². The van der Waals surface area contributed by atoms with E-state index in [2.05, 4.69) is 37.1 Å². The van der Waals surface area contributed by atoms with Crippen molar-refractivity contribution in [3.05, 3.63) is 30.1 Å². The molecule has 3 nitrogen and oxygen atoms in total. The standard InChI is InChI=1S/C17H28N2O/c1-16(2,3)15-6-8-17(20,9-7-15)13-19-12-14-5-4-10-18-11-14/h4-5,10-11,15,19-20H,6-9,12-13H2,1-3H3. The normalized spacial score (nSPS) is 27.5. The van der Waals surface area contributed by atoms with E-state index in [1.165, 1.54) is 5.56 Å². The largest absolute Gasteiger partial charge is 0.389 e. The Bertz CT molecular complexity index is 403. The molecule has 0 atom stereocenters. The van der Waals surface area contributed by atoms with Gasteiger partial charge < -0.3 is 10.4 Å². The molecule has 0 amide bonds. The first-order valence-electron chi connectivity index (χ1n) is 7.71. The smallest absolute Gasteiger partial charge is 0.0771 e. The first-order valence-corrected chi connectivity index (χ1v) is 7.71. The van der Waals surface area contributed by atoms with E-state index in [0.717, 1.165) is 38.1 Å². The molecule has 0 bridgehead atoms. The molecule has 1 aromatic heterocycles. The molecule has 0 aliphatic heterocycles. The Morgan fingerprint density at radius 2 is 2.05 bits per heavy atom. The van der Waals surface area contributed by atoms with Crippen LogP contribution in [0.2, 0.25) is 0 Å². The second kappa shape index (κ2) is 6.23. The molecule has 0 aromatic carbocycles. The van der Waals surface area contributed by atoms with Crippen molar-refractivity contribution in [1.82, 2.24) is 10.3 Å². The van der Waals surface area contributed by atoms with E-state index in [1.807, 2.05) is 12.3 Å². The van der Waals surface area contributed by atoms with E-state index in [0.29, 0.717) is 12.0 Å². The Morgan fingerprint density at radius 1 is 1.35 bits per heavy atom. The van der Waals surface area contributed by atoms with Gasteiger partial charge >= 0.3 is 0 Å². The first kappa shape index (κ1) is 15.5. The molecular formula is C17H28N2O. The lowest BCUT2D eigenvalue weighted by Gasteiger charge is -2.41. The summed E-state index contributed by atoms with van der Waals surface area (Å²) in [6, 6.07) is 4.00. The molecule has 0 saturated heterocycles. The van der Waals surface area contributed by atoms with Gasteiger partial charge in [-0.3, -0.25) is 4.98 Å². The Kier molecular flexibility index (Phi) is 4.82. The maximum atomic E-state index is 10.7. The Balaban J connectivity index is 1.76. The van der Waals surface area contributed by atoms with Crippen molar-refractivity contribution in [1.29, 1.82) is 0 Å². The van der Waals surface area contributed by atoms with Crippen LogP contribution in [0.1, 0.15) is 52.0 Å². The second-order valence-corrected chi connectivity index (χ2v) is 7.33. The monoisotopic (exact) mass is 276 g/mol. The van der Waals surface area contributed by atoms with Gasteiger partial charge in [-0.25, -0.2) is 0 Å². The van der Waals surface area contributed by atoms with E-state index in [9.17, 15) is 5.11 Å². The van der Waals surface area contributed by atoms with Crippen LogP contribution < -0.4 is 5.32 Å². The van der Waals surface area contributed by atoms with E-state index in [1.54, 1.807) is 6.20 Å². The van der Waals surface area contributed by atoms with Crippen LogP contribution in [0, 0.1) is 11.3 Å². The second-order valence-electron chi connectivity index (χ2n) is 7.33. The predicted molar refractivity (Wildman–Crippen MR) is 82.3 cm³/mol. The maximum Gasteiger partial charge on any atom is 0.0771 e. The molecule has 1 saturated carbocycles. The summed E-state index contributed by atoms with van der Waals surface area (Å²) in [7, 11) is 0. The van der Waals surface area contributed by atoms with Crippen LogP contribution in [0.15, 0.2) is 24.5 Å². The summed E-state index contributed by atoms with van der Waals surface area (Å²) < 4.78 is 0. The number of rotatable bonds is 4. The lowest BCUT2D eigenvalue weighted by molar-refractivity contribution is -0.0239. The van der Waals surface area contributed by atoms with Crippen LogP contribution in [0.25, 0.3) is 0 Å². The van der Waals surface area contributed by atoms with Crippen LogP contribution >= 0.6 is 0 Å². The summed E-state index contributed by atoms with van der Waals surface area (Å²) in [6.07, 6.45) is 7.74. The van der Waals surface area contributed by atoms with Crippen molar-refractivity contribution in [2.45, 2.75) is 58.6 Å². The molecule has 1 fully saturated rings. The summed E-state index contributed by atoms with van der Waals surface area (Å²) in [4.78, 5) is 4.10. The zero-order valence-corrected chi connectivity index (χ0v) is 13.0. The molecular weight excluding hydrogens is 248 g/mol. The van der Waals surface area contributed by atoms with Crippen molar-refractivity contribution in [2.24, 2.45) is 11.3 Å². The summed E-state index contributed by atoms with van der Waals surface area (Å²) in [5, 5.41) is 14.0. The fourth-order valence-corrected chi connectivity index (χ4v) is 3.14. The van der Waals surface area contributed by atoms with Gasteiger partial charge in [-0.05, 0) is 48.6 Å². The zero-order chi connectivity index (χ0) is 14.6. The molecule has 0 unspecified atom stereocenters. The molecule has 1 aliphatic rings. The third-order valence-electron chi connectivity index (χ3n) is 4.65. The average Bonchev–Trinajstić information content (AvgIpc) is 2.39. The highest BCUT2D eigenvalue weighted by atomic mass is 16.3. The van der Waals surface area contributed by atoms with Gasteiger partial charge in [0.1, 0.15) is 0 Å². The predicted octanol–water partition coefficient (Wildman–Crippen LogP) is 3.14. The van der Waals surface area contributed by atoms with Gasteiger partial charge in [-0.15, -0.1) is 0 Å². The van der Waals surface area contributed by atoms with Crippen molar-refractivity contribution in [3.8, 4) is 0 Å². The Morgan fingerprint density at radius 3 is 2.60 bits per heavy atom. The first-order chi connectivity index (χ1) is 9.39. The van der Waals surface area contributed by atoms with Gasteiger partial charge in [0.2, 0.25) is 0 Å². The molecule has 0 radical (unpaired) electrons. The number of pyridine rings is 1. The average molecular weight is 276 g/mol. The van der Waals surface area contributed by atoms with Crippen LogP contribution in [0.3, 0.4) is 0 Å². The molecule has 1 aliphatic carbocycles. The topological polar surface area (TPSA) is 45.1 Å². The van der Waals surface area contributed by atoms with Crippen LogP contribution in [-0.4, -0.2) is 22.2 Å². The number of aliphatic hydroxyl groups is 1. The van der Waals surface area contributed by atoms with Gasteiger partial charge in [-0.2, -0.15) is 0 Å². The van der Waals surface area contributed by atoms with Gasteiger partial charge in [0.05, 0.1) is 5.60 Å². The highest BCUT2D eigenvalue weighted by Gasteiger charge is 2.36. The fraction of sp³-hybridized carbons (Fsp3) is 0.706.